The standard InChI is InChI=1S/C18H20N2S2/c1-13-4-9-17-16(10-13)19-18(22-17)12-20(2)11-14-5-7-15(21-3)8-6-14/h4-10H,11-12H2,1-3H3. The zero-order chi connectivity index (χ0) is 15.5. The number of aromatic nitrogens is 1. The minimum absolute atomic E-state index is 0.892. The normalized spacial score (nSPS) is 11.5. The third kappa shape index (κ3) is 3.69. The second-order valence-corrected chi connectivity index (χ2v) is 7.59. The maximum absolute atomic E-state index is 4.76. The Morgan fingerprint density at radius 2 is 1.86 bits per heavy atom. The van der Waals surface area contributed by atoms with Crippen LogP contribution in [0.25, 0.3) is 10.2 Å². The lowest BCUT2D eigenvalue weighted by Gasteiger charge is -2.15. The predicted octanol–water partition coefficient (Wildman–Crippen LogP) is 4.96. The van der Waals surface area contributed by atoms with Crippen LogP contribution in [0.3, 0.4) is 0 Å². The molecule has 0 aliphatic heterocycles. The molecule has 1 heterocycles. The van der Waals surface area contributed by atoms with Gasteiger partial charge in [0.05, 0.1) is 16.8 Å². The van der Waals surface area contributed by atoms with Crippen molar-refractivity contribution in [2.45, 2.75) is 24.9 Å². The third-order valence-corrected chi connectivity index (χ3v) is 5.37. The maximum atomic E-state index is 4.76. The number of rotatable bonds is 5. The van der Waals surface area contributed by atoms with Crippen molar-refractivity contribution in [3.63, 3.8) is 0 Å². The number of fused-ring (bicyclic) bond motifs is 1. The predicted molar refractivity (Wildman–Crippen MR) is 97.8 cm³/mol. The molecule has 0 unspecified atom stereocenters. The first-order chi connectivity index (χ1) is 10.6. The fourth-order valence-corrected chi connectivity index (χ4v) is 3.92. The fourth-order valence-electron chi connectivity index (χ4n) is 2.48. The Balaban J connectivity index is 1.67. The molecule has 0 bridgehead atoms. The summed E-state index contributed by atoms with van der Waals surface area (Å²) in [6.07, 6.45) is 2.11. The first-order valence-corrected chi connectivity index (χ1v) is 9.36. The van der Waals surface area contributed by atoms with E-state index in [4.69, 9.17) is 4.98 Å². The van der Waals surface area contributed by atoms with Gasteiger partial charge in [-0.1, -0.05) is 18.2 Å². The highest BCUT2D eigenvalue weighted by molar-refractivity contribution is 7.98. The lowest BCUT2D eigenvalue weighted by atomic mass is 10.2. The molecule has 1 aromatic heterocycles. The summed E-state index contributed by atoms with van der Waals surface area (Å²) in [5, 5.41) is 1.18. The summed E-state index contributed by atoms with van der Waals surface area (Å²) in [4.78, 5) is 8.39. The van der Waals surface area contributed by atoms with Gasteiger partial charge in [0.2, 0.25) is 0 Å². The Kier molecular flexibility index (Phi) is 4.81. The summed E-state index contributed by atoms with van der Waals surface area (Å²) in [5.41, 5.74) is 3.74. The molecule has 0 saturated carbocycles. The highest BCUT2D eigenvalue weighted by Crippen LogP contribution is 2.24. The molecule has 0 aliphatic carbocycles. The molecule has 3 aromatic rings. The molecule has 0 radical (unpaired) electrons. The summed E-state index contributed by atoms with van der Waals surface area (Å²) in [6, 6.07) is 15.3. The van der Waals surface area contributed by atoms with Crippen molar-refractivity contribution < 1.29 is 0 Å². The number of aryl methyl sites for hydroxylation is 1. The van der Waals surface area contributed by atoms with Crippen molar-refractivity contribution in [2.24, 2.45) is 0 Å². The molecule has 0 aliphatic rings. The lowest BCUT2D eigenvalue weighted by Crippen LogP contribution is -2.16. The Bertz CT molecular complexity index is 762. The van der Waals surface area contributed by atoms with Gasteiger partial charge in [-0.05, 0) is 55.6 Å². The van der Waals surface area contributed by atoms with E-state index in [1.807, 2.05) is 0 Å². The van der Waals surface area contributed by atoms with E-state index in [9.17, 15) is 0 Å². The van der Waals surface area contributed by atoms with Gasteiger partial charge in [-0.3, -0.25) is 4.90 Å². The quantitative estimate of drug-likeness (QED) is 0.616. The fraction of sp³-hybridized carbons (Fsp3) is 0.278. The van der Waals surface area contributed by atoms with Gasteiger partial charge < -0.3 is 0 Å². The van der Waals surface area contributed by atoms with Crippen LogP contribution in [0.1, 0.15) is 16.1 Å². The summed E-state index contributed by atoms with van der Waals surface area (Å²) in [7, 11) is 2.15. The molecule has 3 rings (SSSR count). The van der Waals surface area contributed by atoms with Gasteiger partial charge in [-0.25, -0.2) is 4.98 Å². The smallest absolute Gasteiger partial charge is 0.108 e. The van der Waals surface area contributed by atoms with Crippen LogP contribution in [0, 0.1) is 6.92 Å². The number of hydrogen-bond acceptors (Lipinski definition) is 4. The Morgan fingerprint density at radius 1 is 1.09 bits per heavy atom. The van der Waals surface area contributed by atoms with Gasteiger partial charge >= 0.3 is 0 Å². The molecule has 0 spiro atoms. The van der Waals surface area contributed by atoms with Crippen LogP contribution < -0.4 is 0 Å². The molecule has 2 nitrogen and oxygen atoms in total. The van der Waals surface area contributed by atoms with Crippen molar-refractivity contribution in [1.29, 1.82) is 0 Å². The van der Waals surface area contributed by atoms with Gasteiger partial charge in [-0.15, -0.1) is 23.1 Å². The van der Waals surface area contributed by atoms with E-state index < -0.39 is 0 Å². The van der Waals surface area contributed by atoms with Crippen LogP contribution in [0.4, 0.5) is 0 Å². The average Bonchev–Trinajstić information content (AvgIpc) is 2.89. The van der Waals surface area contributed by atoms with E-state index in [2.05, 4.69) is 67.6 Å². The number of nitrogens with zero attached hydrogens (tertiary/aromatic N) is 2. The maximum Gasteiger partial charge on any atom is 0.108 e. The van der Waals surface area contributed by atoms with E-state index in [0.717, 1.165) is 18.6 Å². The zero-order valence-corrected chi connectivity index (χ0v) is 14.8. The Hall–Kier alpha value is -1.36. The van der Waals surface area contributed by atoms with Crippen molar-refractivity contribution in [1.82, 2.24) is 9.88 Å². The summed E-state index contributed by atoms with van der Waals surface area (Å²) >= 11 is 3.58. The van der Waals surface area contributed by atoms with Gasteiger partial charge in [0.1, 0.15) is 5.01 Å². The van der Waals surface area contributed by atoms with Crippen LogP contribution >= 0.6 is 23.1 Å². The lowest BCUT2D eigenvalue weighted by molar-refractivity contribution is 0.319. The van der Waals surface area contributed by atoms with E-state index in [1.165, 1.54) is 25.7 Å². The van der Waals surface area contributed by atoms with Gasteiger partial charge in [0, 0.05) is 11.4 Å². The molecule has 0 atom stereocenters. The minimum Gasteiger partial charge on any atom is -0.295 e. The largest absolute Gasteiger partial charge is 0.295 e. The molecule has 0 N–H and O–H groups in total. The van der Waals surface area contributed by atoms with Crippen LogP contribution in [0.5, 0.6) is 0 Å². The van der Waals surface area contributed by atoms with Crippen molar-refractivity contribution >= 4 is 33.3 Å². The number of benzene rings is 2. The van der Waals surface area contributed by atoms with Gasteiger partial charge in [0.15, 0.2) is 0 Å². The Labute approximate surface area is 140 Å². The van der Waals surface area contributed by atoms with E-state index in [-0.39, 0.29) is 0 Å². The Morgan fingerprint density at radius 3 is 2.59 bits per heavy atom. The van der Waals surface area contributed by atoms with Crippen molar-refractivity contribution in [3.8, 4) is 0 Å². The molecule has 114 valence electrons. The highest BCUT2D eigenvalue weighted by Gasteiger charge is 2.07. The molecule has 2 aromatic carbocycles. The van der Waals surface area contributed by atoms with Gasteiger partial charge in [0.25, 0.3) is 0 Å². The molecular weight excluding hydrogens is 308 g/mol. The first-order valence-electron chi connectivity index (χ1n) is 7.31. The topological polar surface area (TPSA) is 16.1 Å². The van der Waals surface area contributed by atoms with Crippen LogP contribution in [0.15, 0.2) is 47.4 Å². The molecule has 0 amide bonds. The van der Waals surface area contributed by atoms with E-state index >= 15 is 0 Å². The molecular formula is C18H20N2S2. The zero-order valence-electron chi connectivity index (χ0n) is 13.2. The van der Waals surface area contributed by atoms with Crippen LogP contribution in [-0.4, -0.2) is 23.2 Å². The van der Waals surface area contributed by atoms with Crippen molar-refractivity contribution in [3.05, 3.63) is 58.6 Å². The van der Waals surface area contributed by atoms with Crippen LogP contribution in [0.2, 0.25) is 0 Å². The number of hydrogen-bond donors (Lipinski definition) is 0. The SMILES string of the molecule is CSc1ccc(CN(C)Cc2nc3cc(C)ccc3s2)cc1. The van der Waals surface area contributed by atoms with E-state index in [0.29, 0.717) is 0 Å². The van der Waals surface area contributed by atoms with E-state index in [1.54, 1.807) is 23.1 Å². The monoisotopic (exact) mass is 328 g/mol. The van der Waals surface area contributed by atoms with Crippen LogP contribution in [-0.2, 0) is 13.1 Å². The second-order valence-electron chi connectivity index (χ2n) is 5.60. The summed E-state index contributed by atoms with van der Waals surface area (Å²) < 4.78 is 1.28. The summed E-state index contributed by atoms with van der Waals surface area (Å²) in [5.74, 6) is 0. The first kappa shape index (κ1) is 15.5. The van der Waals surface area contributed by atoms with Crippen molar-refractivity contribution in [2.75, 3.05) is 13.3 Å². The molecule has 4 heteroatoms. The average molecular weight is 329 g/mol. The minimum atomic E-state index is 0.892. The number of thioether (sulfide) groups is 1. The third-order valence-electron chi connectivity index (χ3n) is 3.60. The number of thiazole rings is 1. The second kappa shape index (κ2) is 6.82. The molecule has 22 heavy (non-hydrogen) atoms. The summed E-state index contributed by atoms with van der Waals surface area (Å²) in [6.45, 7) is 3.95. The highest BCUT2D eigenvalue weighted by atomic mass is 32.2. The van der Waals surface area contributed by atoms with Gasteiger partial charge in [-0.2, -0.15) is 0 Å². The molecule has 0 saturated heterocycles. The molecule has 0 fully saturated rings.